The Morgan fingerprint density at radius 1 is 0.250 bits per heavy atom. The second kappa shape index (κ2) is 31.6. The Labute approximate surface area is 628 Å². The third kappa shape index (κ3) is 15.2. The average Bonchev–Trinajstić information content (AvgIpc) is 0.775. The van der Waals surface area contributed by atoms with Gasteiger partial charge in [0.15, 0.2) is 0 Å². The summed E-state index contributed by atoms with van der Waals surface area (Å²) < 4.78 is 35.0. The predicted molar refractivity (Wildman–Crippen MR) is 416 cm³/mol. The second-order valence-electron chi connectivity index (χ2n) is 28.1. The van der Waals surface area contributed by atoms with E-state index < -0.39 is 0 Å². The summed E-state index contributed by atoms with van der Waals surface area (Å²) in [6.45, 7) is 13.3. The SMILES string of the molecule is COc1ccc([C@@H]2c3ccc(O)c(C)c3OC[C@@H]2c2ccc(O)cc2)cc1.COc1ccc([C@@H]2c3ccc(O)c(C)c3OC[C@@H]2c2ccc(O)cc2)cc1C.Cc1c(O)ccc2c1OC[C@H](c1ccc(O)cc1)[C@@H]2c1ccc(O)cc1.Cc1cc([C@@H]2c3ccc(O)c(C)c3OC[C@@H]2c2ccc(O)cc2)ccc1O. The first-order valence-electron chi connectivity index (χ1n) is 35.9. The standard InChI is InChI=1S/C24H24O4.2C23H22O4.C22H20O4/c1-14-12-17(6-11-22(14)27-3)23-19-9-10-21(26)15(2)24(19)28-13-20(23)16-4-7-18(25)8-5-16;1-14-21(25)12-11-19-22(16-5-9-18(26-2)10-6-16)20(13-27-23(14)19)15-3-7-17(24)8-4-15;1-13-11-16(5-9-20(13)25)22-18-8-10-21(26)14(2)23(18)27-12-19(22)15-3-6-17(24)7-4-15;1-13-20(25)11-10-18-21(15-4-8-17(24)9-5-15)19(12-26-22(13)18)14-2-6-16(23)7-3-14/h4-12,20,23,25-26H,13H2,1-3H3;3-12,20,22,24-25H,13H2,1-2H3;3-11,19,22,24-26H,12H2,1-2H3;2-11,19,21,23-25H,12H2,1H3/t20-,23-;20-,22-;19-,22-;19-,21-/m1111/s1. The van der Waals surface area contributed by atoms with Crippen molar-refractivity contribution >= 4 is 0 Å². The topological polar surface area (TPSA) is 258 Å². The first-order valence-corrected chi connectivity index (χ1v) is 35.9. The zero-order valence-corrected chi connectivity index (χ0v) is 61.3. The molecule has 0 saturated heterocycles. The first kappa shape index (κ1) is 73.7. The van der Waals surface area contributed by atoms with Gasteiger partial charge in [0.05, 0.1) is 40.6 Å². The van der Waals surface area contributed by atoms with Crippen LogP contribution in [0.2, 0.25) is 0 Å². The number of phenols is 10. The molecule has 16 rings (SSSR count). The van der Waals surface area contributed by atoms with E-state index in [1.807, 2.05) is 157 Å². The summed E-state index contributed by atoms with van der Waals surface area (Å²) in [6.07, 6.45) is 0. The first-order chi connectivity index (χ1) is 52.1. The number of fused-ring (bicyclic) bond motifs is 4. The Morgan fingerprint density at radius 2 is 0.491 bits per heavy atom. The summed E-state index contributed by atoms with van der Waals surface area (Å²) in [6, 6.07) is 70.8. The minimum absolute atomic E-state index is 0.0110. The maximum atomic E-state index is 10.1. The number of hydrogen-bond donors (Lipinski definition) is 10. The molecule has 552 valence electrons. The molecule has 0 amide bonds. The molecule has 4 heterocycles. The molecule has 16 nitrogen and oxygen atoms in total. The summed E-state index contributed by atoms with van der Waals surface area (Å²) in [5.41, 5.74) is 17.8. The van der Waals surface area contributed by atoms with E-state index in [4.69, 9.17) is 28.4 Å². The quantitative estimate of drug-likeness (QED) is 0.0611. The van der Waals surface area contributed by atoms with Crippen LogP contribution in [0.3, 0.4) is 0 Å². The lowest BCUT2D eigenvalue weighted by molar-refractivity contribution is 0.245. The summed E-state index contributed by atoms with van der Waals surface area (Å²) in [5.74, 6) is 7.46. The predicted octanol–water partition coefficient (Wildman–Crippen LogP) is 18.9. The third-order valence-corrected chi connectivity index (χ3v) is 21.6. The molecule has 12 aromatic carbocycles. The lowest BCUT2D eigenvalue weighted by Crippen LogP contribution is -2.26. The largest absolute Gasteiger partial charge is 0.508 e. The number of methoxy groups -OCH3 is 2. The molecule has 8 atom stereocenters. The van der Waals surface area contributed by atoms with Crippen molar-refractivity contribution in [1.82, 2.24) is 0 Å². The maximum Gasteiger partial charge on any atom is 0.129 e. The lowest BCUT2D eigenvalue weighted by atomic mass is 9.75. The monoisotopic (exact) mass is 1450 g/mol. The number of hydrogen-bond acceptors (Lipinski definition) is 16. The van der Waals surface area contributed by atoms with Crippen LogP contribution in [0, 0.1) is 41.5 Å². The molecule has 4 aliphatic heterocycles. The highest BCUT2D eigenvalue weighted by Gasteiger charge is 2.40. The van der Waals surface area contributed by atoms with Crippen molar-refractivity contribution in [2.45, 2.75) is 88.9 Å². The van der Waals surface area contributed by atoms with E-state index in [0.717, 1.165) is 129 Å². The lowest BCUT2D eigenvalue weighted by Gasteiger charge is -2.35. The molecule has 0 fully saturated rings. The van der Waals surface area contributed by atoms with Crippen molar-refractivity contribution in [2.24, 2.45) is 0 Å². The molecule has 0 bridgehead atoms. The van der Waals surface area contributed by atoms with Gasteiger partial charge >= 0.3 is 0 Å². The van der Waals surface area contributed by atoms with E-state index in [1.165, 1.54) is 5.56 Å². The highest BCUT2D eigenvalue weighted by molar-refractivity contribution is 5.61. The van der Waals surface area contributed by atoms with Crippen LogP contribution in [0.5, 0.6) is 92.0 Å². The molecule has 0 saturated carbocycles. The van der Waals surface area contributed by atoms with Crippen LogP contribution in [0.1, 0.15) is 147 Å². The minimum Gasteiger partial charge on any atom is -0.508 e. The van der Waals surface area contributed by atoms with Crippen molar-refractivity contribution in [1.29, 1.82) is 0 Å². The Bertz CT molecular complexity index is 5170. The van der Waals surface area contributed by atoms with Gasteiger partial charge in [0.25, 0.3) is 0 Å². The molecule has 12 aromatic rings. The Morgan fingerprint density at radius 3 is 0.759 bits per heavy atom. The second-order valence-corrected chi connectivity index (χ2v) is 28.1. The van der Waals surface area contributed by atoms with Crippen LogP contribution >= 0.6 is 0 Å². The normalized spacial score (nSPS) is 18.5. The molecular weight excluding hydrogens is 1360 g/mol. The Balaban J connectivity index is 0.000000127. The van der Waals surface area contributed by atoms with Gasteiger partial charge in [0.2, 0.25) is 0 Å². The summed E-state index contributed by atoms with van der Waals surface area (Å²) >= 11 is 0. The fourth-order valence-electron chi connectivity index (χ4n) is 15.6. The molecule has 0 unspecified atom stereocenters. The van der Waals surface area contributed by atoms with Gasteiger partial charge in [-0.2, -0.15) is 0 Å². The molecule has 0 aliphatic carbocycles. The van der Waals surface area contributed by atoms with Gasteiger partial charge in [-0.3, -0.25) is 0 Å². The van der Waals surface area contributed by atoms with Crippen molar-refractivity contribution in [3.05, 3.63) is 331 Å². The van der Waals surface area contributed by atoms with Crippen molar-refractivity contribution < 1.29 is 79.5 Å². The number of rotatable bonds is 10. The van der Waals surface area contributed by atoms with E-state index in [1.54, 1.807) is 105 Å². The van der Waals surface area contributed by atoms with Gasteiger partial charge in [-0.15, -0.1) is 0 Å². The molecule has 0 spiro atoms. The fourth-order valence-corrected chi connectivity index (χ4v) is 15.6. The van der Waals surface area contributed by atoms with Gasteiger partial charge in [0, 0.05) is 91.9 Å². The van der Waals surface area contributed by atoms with Crippen LogP contribution in [0.25, 0.3) is 0 Å². The van der Waals surface area contributed by atoms with Gasteiger partial charge in [-0.1, -0.05) is 121 Å². The minimum atomic E-state index is 0.0110. The third-order valence-electron chi connectivity index (χ3n) is 21.6. The highest BCUT2D eigenvalue weighted by atomic mass is 16.5. The smallest absolute Gasteiger partial charge is 0.129 e. The zero-order chi connectivity index (χ0) is 76.2. The van der Waals surface area contributed by atoms with Crippen LogP contribution < -0.4 is 28.4 Å². The van der Waals surface area contributed by atoms with Gasteiger partial charge < -0.3 is 79.5 Å². The maximum absolute atomic E-state index is 10.1. The van der Waals surface area contributed by atoms with Gasteiger partial charge in [-0.05, 0) is 206 Å². The number of ether oxygens (including phenoxy) is 6. The van der Waals surface area contributed by atoms with Crippen LogP contribution in [0.15, 0.2) is 231 Å². The van der Waals surface area contributed by atoms with Crippen molar-refractivity contribution in [2.75, 3.05) is 40.6 Å². The highest BCUT2D eigenvalue weighted by Crippen LogP contribution is 2.54. The summed E-state index contributed by atoms with van der Waals surface area (Å²) in [7, 11) is 3.33. The molecule has 16 heteroatoms. The average molecular weight is 1450 g/mol. The molecule has 10 N–H and O–H groups in total. The van der Waals surface area contributed by atoms with Crippen molar-refractivity contribution in [3.63, 3.8) is 0 Å². The van der Waals surface area contributed by atoms with Gasteiger partial charge in [0.1, 0.15) is 92.0 Å². The van der Waals surface area contributed by atoms with Crippen LogP contribution in [-0.2, 0) is 0 Å². The van der Waals surface area contributed by atoms with Crippen LogP contribution in [0.4, 0.5) is 0 Å². The Kier molecular flexibility index (Phi) is 21.6. The molecule has 4 aliphatic rings. The van der Waals surface area contributed by atoms with Crippen LogP contribution in [-0.4, -0.2) is 91.7 Å². The Hall–Kier alpha value is -12.6. The molecule has 0 radical (unpaired) electrons. The summed E-state index contributed by atoms with van der Waals surface area (Å²) in [4.78, 5) is 0. The summed E-state index contributed by atoms with van der Waals surface area (Å²) in [5, 5.41) is 98.5. The van der Waals surface area contributed by atoms with E-state index in [-0.39, 0.29) is 105 Å². The van der Waals surface area contributed by atoms with Crippen molar-refractivity contribution in [3.8, 4) is 92.0 Å². The zero-order valence-electron chi connectivity index (χ0n) is 61.3. The van der Waals surface area contributed by atoms with E-state index in [2.05, 4.69) is 24.3 Å². The number of aryl methyl sites for hydroxylation is 2. The van der Waals surface area contributed by atoms with Gasteiger partial charge in [-0.25, -0.2) is 0 Å². The molecule has 0 aromatic heterocycles. The molecular formula is C92H88O16. The van der Waals surface area contributed by atoms with E-state index in [9.17, 15) is 51.1 Å². The number of benzene rings is 12. The number of aromatic hydroxyl groups is 10. The van der Waals surface area contributed by atoms with E-state index in [0.29, 0.717) is 26.4 Å². The van der Waals surface area contributed by atoms with E-state index >= 15 is 0 Å². The fraction of sp³-hybridized carbons (Fsp3) is 0.217. The molecule has 108 heavy (non-hydrogen) atoms. The number of phenolic OH excluding ortho intramolecular Hbond substituents is 10.